The fourth-order valence-electron chi connectivity index (χ4n) is 1.48. The number of halogens is 1. The van der Waals surface area contributed by atoms with E-state index in [1.807, 2.05) is 24.3 Å². The Bertz CT molecular complexity index is 304. The van der Waals surface area contributed by atoms with Crippen LogP contribution in [0.4, 0.5) is 0 Å². The maximum absolute atomic E-state index is 9.79. The van der Waals surface area contributed by atoms with Gasteiger partial charge < -0.3 is 9.84 Å². The second-order valence-corrected chi connectivity index (χ2v) is 4.74. The first-order valence-electron chi connectivity index (χ1n) is 4.79. The molecule has 0 radical (unpaired) electrons. The first-order valence-corrected chi connectivity index (χ1v) is 5.58. The van der Waals surface area contributed by atoms with Crippen molar-refractivity contribution in [3.05, 3.63) is 28.7 Å². The van der Waals surface area contributed by atoms with Crippen LogP contribution in [0.15, 0.2) is 28.7 Å². The summed E-state index contributed by atoms with van der Waals surface area (Å²) in [5.74, 6) is 0.813. The first-order chi connectivity index (χ1) is 6.68. The van der Waals surface area contributed by atoms with Gasteiger partial charge in [0.25, 0.3) is 0 Å². The average Bonchev–Trinajstić information content (AvgIpc) is 2.14. The fourth-order valence-corrected chi connectivity index (χ4v) is 1.74. The van der Waals surface area contributed by atoms with Gasteiger partial charge in [-0.25, -0.2) is 0 Å². The molecule has 0 heterocycles. The van der Waals surface area contributed by atoms with Crippen LogP contribution in [0.2, 0.25) is 0 Å². The highest BCUT2D eigenvalue weighted by atomic mass is 79.9. The van der Waals surface area contributed by atoms with Crippen molar-refractivity contribution in [3.63, 3.8) is 0 Å². The van der Waals surface area contributed by atoms with Gasteiger partial charge in [-0.3, -0.25) is 0 Å². The van der Waals surface area contributed by atoms with Gasteiger partial charge >= 0.3 is 0 Å². The van der Waals surface area contributed by atoms with E-state index in [0.717, 1.165) is 29.5 Å². The third-order valence-corrected chi connectivity index (χ3v) is 3.13. The van der Waals surface area contributed by atoms with Gasteiger partial charge in [0.2, 0.25) is 0 Å². The number of hydrogen-bond acceptors (Lipinski definition) is 2. The van der Waals surface area contributed by atoms with Crippen molar-refractivity contribution in [1.29, 1.82) is 0 Å². The normalized spacial score (nSPS) is 18.7. The maximum Gasteiger partial charge on any atom is 0.119 e. The van der Waals surface area contributed by atoms with Crippen LogP contribution in [0.3, 0.4) is 0 Å². The van der Waals surface area contributed by atoms with E-state index in [1.165, 1.54) is 0 Å². The summed E-state index contributed by atoms with van der Waals surface area (Å²) >= 11 is 3.36. The monoisotopic (exact) mass is 256 g/mol. The summed E-state index contributed by atoms with van der Waals surface area (Å²) in [5, 5.41) is 9.79. The second kappa shape index (κ2) is 3.91. The summed E-state index contributed by atoms with van der Waals surface area (Å²) in [4.78, 5) is 0. The van der Waals surface area contributed by atoms with Crippen molar-refractivity contribution >= 4 is 15.9 Å². The predicted octanol–water partition coefficient (Wildman–Crippen LogP) is 2.74. The minimum absolute atomic E-state index is 0.411. The van der Waals surface area contributed by atoms with Gasteiger partial charge in [-0.2, -0.15) is 0 Å². The molecule has 0 unspecified atom stereocenters. The molecule has 2 rings (SSSR count). The van der Waals surface area contributed by atoms with E-state index < -0.39 is 5.60 Å². The molecule has 76 valence electrons. The van der Waals surface area contributed by atoms with E-state index in [0.29, 0.717) is 6.61 Å². The minimum Gasteiger partial charge on any atom is -0.491 e. The van der Waals surface area contributed by atoms with Crippen LogP contribution in [0.5, 0.6) is 5.75 Å². The molecule has 1 aromatic rings. The van der Waals surface area contributed by atoms with E-state index >= 15 is 0 Å². The van der Waals surface area contributed by atoms with Crippen LogP contribution < -0.4 is 4.74 Å². The zero-order valence-electron chi connectivity index (χ0n) is 7.87. The molecule has 1 aliphatic carbocycles. The van der Waals surface area contributed by atoms with E-state index in [1.54, 1.807) is 0 Å². The van der Waals surface area contributed by atoms with Gasteiger partial charge in [-0.15, -0.1) is 0 Å². The molecule has 0 amide bonds. The average molecular weight is 257 g/mol. The van der Waals surface area contributed by atoms with E-state index in [2.05, 4.69) is 15.9 Å². The molecule has 0 aliphatic heterocycles. The Morgan fingerprint density at radius 3 is 2.43 bits per heavy atom. The lowest BCUT2D eigenvalue weighted by molar-refractivity contribution is -0.0663. The number of aliphatic hydroxyl groups is 1. The number of benzene rings is 1. The summed E-state index contributed by atoms with van der Waals surface area (Å²) < 4.78 is 6.53. The minimum atomic E-state index is -0.562. The molecule has 0 atom stereocenters. The molecule has 1 fully saturated rings. The Kier molecular flexibility index (Phi) is 2.79. The lowest BCUT2D eigenvalue weighted by Crippen LogP contribution is -2.42. The molecule has 0 bridgehead atoms. The highest BCUT2D eigenvalue weighted by Crippen LogP contribution is 2.32. The van der Waals surface area contributed by atoms with Crippen LogP contribution in [0.25, 0.3) is 0 Å². The van der Waals surface area contributed by atoms with Gasteiger partial charge in [0.1, 0.15) is 12.4 Å². The largest absolute Gasteiger partial charge is 0.491 e. The topological polar surface area (TPSA) is 29.5 Å². The van der Waals surface area contributed by atoms with Crippen LogP contribution in [-0.2, 0) is 0 Å². The lowest BCUT2D eigenvalue weighted by Gasteiger charge is -2.35. The van der Waals surface area contributed by atoms with Gasteiger partial charge in [-0.1, -0.05) is 15.9 Å². The Morgan fingerprint density at radius 2 is 1.93 bits per heavy atom. The molecule has 1 saturated carbocycles. The third kappa shape index (κ3) is 2.28. The quantitative estimate of drug-likeness (QED) is 0.902. The van der Waals surface area contributed by atoms with Crippen LogP contribution in [0, 0.1) is 0 Å². The highest BCUT2D eigenvalue weighted by Gasteiger charge is 2.35. The molecule has 1 aliphatic rings. The van der Waals surface area contributed by atoms with Crippen molar-refractivity contribution in [2.45, 2.75) is 24.9 Å². The molecule has 0 spiro atoms. The molecule has 0 aromatic heterocycles. The van der Waals surface area contributed by atoms with E-state index in [-0.39, 0.29) is 0 Å². The Labute approximate surface area is 92.0 Å². The Morgan fingerprint density at radius 1 is 1.29 bits per heavy atom. The van der Waals surface area contributed by atoms with Gasteiger partial charge in [0.05, 0.1) is 5.60 Å². The van der Waals surface area contributed by atoms with Crippen molar-refractivity contribution in [2.75, 3.05) is 6.61 Å². The highest BCUT2D eigenvalue weighted by molar-refractivity contribution is 9.10. The zero-order valence-corrected chi connectivity index (χ0v) is 9.46. The van der Waals surface area contributed by atoms with Crippen LogP contribution in [0.1, 0.15) is 19.3 Å². The molecule has 3 heteroatoms. The maximum atomic E-state index is 9.79. The molecule has 1 N–H and O–H groups in total. The third-order valence-electron chi connectivity index (χ3n) is 2.61. The summed E-state index contributed by atoms with van der Waals surface area (Å²) in [7, 11) is 0. The predicted molar refractivity (Wildman–Crippen MR) is 58.4 cm³/mol. The summed E-state index contributed by atoms with van der Waals surface area (Å²) in [6, 6.07) is 7.65. The fraction of sp³-hybridized carbons (Fsp3) is 0.455. The number of rotatable bonds is 3. The van der Waals surface area contributed by atoms with E-state index in [4.69, 9.17) is 4.74 Å². The summed E-state index contributed by atoms with van der Waals surface area (Å²) in [5.41, 5.74) is -0.562. The summed E-state index contributed by atoms with van der Waals surface area (Å²) in [6.07, 6.45) is 2.84. The molecule has 14 heavy (non-hydrogen) atoms. The second-order valence-electron chi connectivity index (χ2n) is 3.82. The standard InChI is InChI=1S/C11H13BrO2/c12-9-2-4-10(5-3-9)14-8-11(13)6-1-7-11/h2-5,13H,1,6-8H2. The first kappa shape index (κ1) is 9.99. The zero-order chi connectivity index (χ0) is 10.0. The number of ether oxygens (including phenoxy) is 1. The SMILES string of the molecule is OC1(COc2ccc(Br)cc2)CCC1. The lowest BCUT2D eigenvalue weighted by atomic mass is 9.81. The molecular weight excluding hydrogens is 244 g/mol. The van der Waals surface area contributed by atoms with Crippen molar-refractivity contribution in [2.24, 2.45) is 0 Å². The van der Waals surface area contributed by atoms with E-state index in [9.17, 15) is 5.11 Å². The smallest absolute Gasteiger partial charge is 0.119 e. The van der Waals surface area contributed by atoms with Gasteiger partial charge in [0, 0.05) is 4.47 Å². The number of hydrogen-bond donors (Lipinski definition) is 1. The van der Waals surface area contributed by atoms with Crippen LogP contribution in [-0.4, -0.2) is 17.3 Å². The van der Waals surface area contributed by atoms with Crippen molar-refractivity contribution in [1.82, 2.24) is 0 Å². The molecule has 1 aromatic carbocycles. The molecule has 0 saturated heterocycles. The van der Waals surface area contributed by atoms with Crippen molar-refractivity contribution < 1.29 is 9.84 Å². The molecular formula is C11H13BrO2. The Hall–Kier alpha value is -0.540. The Balaban J connectivity index is 1.88. The van der Waals surface area contributed by atoms with Gasteiger partial charge in [-0.05, 0) is 43.5 Å². The summed E-state index contributed by atoms with van der Waals surface area (Å²) in [6.45, 7) is 0.411. The van der Waals surface area contributed by atoms with Crippen molar-refractivity contribution in [3.8, 4) is 5.75 Å². The molecule has 2 nitrogen and oxygen atoms in total. The van der Waals surface area contributed by atoms with Gasteiger partial charge in [0.15, 0.2) is 0 Å². The van der Waals surface area contributed by atoms with Crippen LogP contribution >= 0.6 is 15.9 Å².